The van der Waals surface area contributed by atoms with Crippen molar-refractivity contribution in [2.75, 3.05) is 26.7 Å². The minimum atomic E-state index is -0.216. The SMILES string of the molecule is CCOC(=O)CN(C)C1CCC(=O)N(Cc2cccc(Cl)c2)CC1. The summed E-state index contributed by atoms with van der Waals surface area (Å²) >= 11 is 6.02. The average Bonchev–Trinajstić information content (AvgIpc) is 2.70. The topological polar surface area (TPSA) is 49.9 Å². The predicted octanol–water partition coefficient (Wildman–Crippen LogP) is 2.72. The largest absolute Gasteiger partial charge is 0.465 e. The second kappa shape index (κ2) is 9.04. The van der Waals surface area contributed by atoms with Crippen molar-refractivity contribution in [2.24, 2.45) is 0 Å². The Hall–Kier alpha value is -1.59. The van der Waals surface area contributed by atoms with Crippen LogP contribution in [0.3, 0.4) is 0 Å². The normalized spacial score (nSPS) is 18.6. The number of benzene rings is 1. The molecule has 1 atom stereocenters. The van der Waals surface area contributed by atoms with E-state index >= 15 is 0 Å². The molecule has 1 heterocycles. The number of likely N-dealkylation sites (tertiary alicyclic amines) is 1. The highest BCUT2D eigenvalue weighted by Crippen LogP contribution is 2.20. The first-order valence-corrected chi connectivity index (χ1v) is 8.75. The molecular formula is C18H25ClN2O3. The van der Waals surface area contributed by atoms with Gasteiger partial charge < -0.3 is 9.64 Å². The summed E-state index contributed by atoms with van der Waals surface area (Å²) < 4.78 is 5.00. The number of carbonyl (C=O) groups is 2. The first-order chi connectivity index (χ1) is 11.5. The van der Waals surface area contributed by atoms with Gasteiger partial charge in [0.1, 0.15) is 0 Å². The van der Waals surface area contributed by atoms with Gasteiger partial charge in [0.25, 0.3) is 0 Å². The van der Waals surface area contributed by atoms with Crippen molar-refractivity contribution >= 4 is 23.5 Å². The minimum Gasteiger partial charge on any atom is -0.465 e. The Morgan fingerprint density at radius 3 is 2.92 bits per heavy atom. The van der Waals surface area contributed by atoms with Crippen LogP contribution in [0, 0.1) is 0 Å². The molecule has 0 spiro atoms. The molecule has 1 unspecified atom stereocenters. The Labute approximate surface area is 148 Å². The molecule has 5 nitrogen and oxygen atoms in total. The van der Waals surface area contributed by atoms with Gasteiger partial charge in [-0.15, -0.1) is 0 Å². The molecule has 1 amide bonds. The molecule has 0 bridgehead atoms. The lowest BCUT2D eigenvalue weighted by atomic mass is 10.1. The Kier molecular flexibility index (Phi) is 7.06. The molecule has 1 aromatic carbocycles. The third kappa shape index (κ3) is 5.49. The van der Waals surface area contributed by atoms with Crippen molar-refractivity contribution in [2.45, 2.75) is 38.8 Å². The Bertz CT molecular complexity index is 579. The summed E-state index contributed by atoms with van der Waals surface area (Å²) in [6.45, 7) is 3.72. The predicted molar refractivity (Wildman–Crippen MR) is 93.8 cm³/mol. The highest BCUT2D eigenvalue weighted by atomic mass is 35.5. The first kappa shape index (κ1) is 18.7. The van der Waals surface area contributed by atoms with Gasteiger partial charge in [0, 0.05) is 30.6 Å². The van der Waals surface area contributed by atoms with Crippen molar-refractivity contribution in [3.8, 4) is 0 Å². The molecule has 1 saturated heterocycles. The van der Waals surface area contributed by atoms with Gasteiger partial charge >= 0.3 is 5.97 Å². The molecule has 24 heavy (non-hydrogen) atoms. The van der Waals surface area contributed by atoms with Gasteiger partial charge in [-0.1, -0.05) is 23.7 Å². The van der Waals surface area contributed by atoms with Gasteiger partial charge in [0.2, 0.25) is 5.91 Å². The van der Waals surface area contributed by atoms with Crippen LogP contribution in [0.1, 0.15) is 31.7 Å². The molecule has 1 aliphatic heterocycles. The average molecular weight is 353 g/mol. The number of hydrogen-bond donors (Lipinski definition) is 0. The number of amides is 1. The van der Waals surface area contributed by atoms with E-state index in [-0.39, 0.29) is 24.5 Å². The molecule has 0 aromatic heterocycles. The number of ether oxygens (including phenoxy) is 1. The second-order valence-electron chi connectivity index (χ2n) is 6.15. The maximum absolute atomic E-state index is 12.4. The van der Waals surface area contributed by atoms with Crippen molar-refractivity contribution in [3.05, 3.63) is 34.9 Å². The lowest BCUT2D eigenvalue weighted by Gasteiger charge is -2.26. The van der Waals surface area contributed by atoms with Gasteiger partial charge in [-0.05, 0) is 44.5 Å². The summed E-state index contributed by atoms with van der Waals surface area (Å²) in [7, 11) is 1.92. The van der Waals surface area contributed by atoms with Crippen LogP contribution in [0.4, 0.5) is 0 Å². The number of carbonyl (C=O) groups excluding carboxylic acids is 2. The molecule has 1 fully saturated rings. The number of halogens is 1. The zero-order chi connectivity index (χ0) is 17.5. The van der Waals surface area contributed by atoms with Gasteiger partial charge in [-0.3, -0.25) is 14.5 Å². The minimum absolute atomic E-state index is 0.155. The van der Waals surface area contributed by atoms with E-state index < -0.39 is 0 Å². The van der Waals surface area contributed by atoms with Crippen molar-refractivity contribution < 1.29 is 14.3 Å². The fraction of sp³-hybridized carbons (Fsp3) is 0.556. The molecule has 0 saturated carbocycles. The summed E-state index contributed by atoms with van der Waals surface area (Å²) in [4.78, 5) is 27.9. The Balaban J connectivity index is 1.92. The molecule has 1 aliphatic rings. The number of hydrogen-bond acceptors (Lipinski definition) is 4. The first-order valence-electron chi connectivity index (χ1n) is 8.37. The fourth-order valence-corrected chi connectivity index (χ4v) is 3.24. The number of likely N-dealkylation sites (N-methyl/N-ethyl adjacent to an activating group) is 1. The van der Waals surface area contributed by atoms with E-state index in [2.05, 4.69) is 0 Å². The van der Waals surface area contributed by atoms with Crippen LogP contribution in [0.2, 0.25) is 5.02 Å². The summed E-state index contributed by atoms with van der Waals surface area (Å²) in [5.41, 5.74) is 1.04. The van der Waals surface area contributed by atoms with Gasteiger partial charge in [0.05, 0.1) is 13.2 Å². The van der Waals surface area contributed by atoms with Crippen molar-refractivity contribution in [1.29, 1.82) is 0 Å². The quantitative estimate of drug-likeness (QED) is 0.739. The van der Waals surface area contributed by atoms with Crippen molar-refractivity contribution in [3.63, 3.8) is 0 Å². The number of nitrogens with zero attached hydrogens (tertiary/aromatic N) is 2. The highest BCUT2D eigenvalue weighted by Gasteiger charge is 2.26. The van der Waals surface area contributed by atoms with Crippen LogP contribution in [0.5, 0.6) is 0 Å². The zero-order valence-electron chi connectivity index (χ0n) is 14.3. The third-order valence-corrected chi connectivity index (χ3v) is 4.58. The van der Waals surface area contributed by atoms with Crippen LogP contribution < -0.4 is 0 Å². The van der Waals surface area contributed by atoms with E-state index in [1.165, 1.54) is 0 Å². The van der Waals surface area contributed by atoms with Gasteiger partial charge in [0.15, 0.2) is 0 Å². The van der Waals surface area contributed by atoms with Gasteiger partial charge in [-0.25, -0.2) is 0 Å². The molecule has 1 aromatic rings. The Morgan fingerprint density at radius 1 is 1.42 bits per heavy atom. The van der Waals surface area contributed by atoms with E-state index in [4.69, 9.17) is 16.3 Å². The summed E-state index contributed by atoms with van der Waals surface area (Å²) in [6.07, 6.45) is 2.11. The maximum Gasteiger partial charge on any atom is 0.320 e. The number of esters is 1. The van der Waals surface area contributed by atoms with E-state index in [1.54, 1.807) is 6.92 Å². The highest BCUT2D eigenvalue weighted by molar-refractivity contribution is 6.30. The summed E-state index contributed by atoms with van der Waals surface area (Å²) in [5, 5.41) is 0.682. The molecular weight excluding hydrogens is 328 g/mol. The molecule has 0 aliphatic carbocycles. The standard InChI is InChI=1S/C18H25ClN2O3/c1-3-24-18(23)13-20(2)16-7-8-17(22)21(10-9-16)12-14-5-4-6-15(19)11-14/h4-6,11,16H,3,7-10,12-13H2,1-2H3. The van der Waals surface area contributed by atoms with Crippen LogP contribution in [0.15, 0.2) is 24.3 Å². The molecule has 132 valence electrons. The van der Waals surface area contributed by atoms with E-state index in [0.29, 0.717) is 31.1 Å². The lowest BCUT2D eigenvalue weighted by molar-refractivity contribution is -0.144. The molecule has 0 radical (unpaired) electrons. The lowest BCUT2D eigenvalue weighted by Crippen LogP contribution is -2.37. The summed E-state index contributed by atoms with van der Waals surface area (Å²) in [6, 6.07) is 7.81. The summed E-state index contributed by atoms with van der Waals surface area (Å²) in [5.74, 6) is -0.0617. The van der Waals surface area contributed by atoms with Crippen LogP contribution in [0.25, 0.3) is 0 Å². The maximum atomic E-state index is 12.4. The van der Waals surface area contributed by atoms with Gasteiger partial charge in [-0.2, -0.15) is 0 Å². The molecule has 2 rings (SSSR count). The van der Waals surface area contributed by atoms with Crippen molar-refractivity contribution in [1.82, 2.24) is 9.80 Å². The monoisotopic (exact) mass is 352 g/mol. The Morgan fingerprint density at radius 2 is 2.21 bits per heavy atom. The smallest absolute Gasteiger partial charge is 0.320 e. The second-order valence-corrected chi connectivity index (χ2v) is 6.58. The van der Waals surface area contributed by atoms with Crippen LogP contribution in [-0.2, 0) is 20.9 Å². The van der Waals surface area contributed by atoms with Crippen LogP contribution in [-0.4, -0.2) is 54.5 Å². The van der Waals surface area contributed by atoms with E-state index in [9.17, 15) is 9.59 Å². The van der Waals surface area contributed by atoms with E-state index in [1.807, 2.05) is 41.1 Å². The zero-order valence-corrected chi connectivity index (χ0v) is 15.1. The number of rotatable bonds is 6. The molecule has 6 heteroatoms. The molecule has 0 N–H and O–H groups in total. The fourth-order valence-electron chi connectivity index (χ4n) is 3.03. The van der Waals surface area contributed by atoms with E-state index in [0.717, 1.165) is 18.4 Å². The van der Waals surface area contributed by atoms with Crippen LogP contribution >= 0.6 is 11.6 Å². The third-order valence-electron chi connectivity index (χ3n) is 4.35.